The lowest BCUT2D eigenvalue weighted by Crippen LogP contribution is -2.62. The van der Waals surface area contributed by atoms with E-state index in [2.05, 4.69) is 20.0 Å². The van der Waals surface area contributed by atoms with Crippen LogP contribution in [0.25, 0.3) is 6.20 Å². The van der Waals surface area contributed by atoms with Gasteiger partial charge in [0.1, 0.15) is 11.4 Å². The van der Waals surface area contributed by atoms with Crippen LogP contribution in [0.3, 0.4) is 0 Å². The molecule has 2 atom stereocenters. The van der Waals surface area contributed by atoms with Gasteiger partial charge >= 0.3 is 0 Å². The summed E-state index contributed by atoms with van der Waals surface area (Å²) in [5.41, 5.74) is 5.05. The highest BCUT2D eigenvalue weighted by Crippen LogP contribution is 2.60. The lowest BCUT2D eigenvalue weighted by molar-refractivity contribution is -0.145. The molecule has 2 unspecified atom stereocenters. The topological polar surface area (TPSA) is 149 Å². The summed E-state index contributed by atoms with van der Waals surface area (Å²) in [6.45, 7) is 5.81. The Labute approximate surface area is 218 Å². The van der Waals surface area contributed by atoms with E-state index in [-0.39, 0.29) is 29.7 Å². The maximum atomic E-state index is 13.7. The third-order valence-corrected chi connectivity index (χ3v) is 9.40. The van der Waals surface area contributed by atoms with E-state index < -0.39 is 21.0 Å². The van der Waals surface area contributed by atoms with Crippen molar-refractivity contribution in [3.63, 3.8) is 0 Å². The van der Waals surface area contributed by atoms with Crippen molar-refractivity contribution >= 4 is 33.9 Å². The number of rotatable bonds is 8. The fourth-order valence-electron chi connectivity index (χ4n) is 7.28. The van der Waals surface area contributed by atoms with Crippen LogP contribution in [0.2, 0.25) is 0 Å². The summed E-state index contributed by atoms with van der Waals surface area (Å²) in [5.74, 6) is 1.32. The maximum Gasteiger partial charge on any atom is 0.256 e. The van der Waals surface area contributed by atoms with E-state index >= 15 is 0 Å². The van der Waals surface area contributed by atoms with Crippen LogP contribution >= 0.6 is 0 Å². The Hall–Kier alpha value is -2.44. The molecule has 6 rings (SSSR count). The van der Waals surface area contributed by atoms with E-state index in [1.807, 2.05) is 0 Å². The van der Waals surface area contributed by atoms with Crippen molar-refractivity contribution in [2.45, 2.75) is 57.5 Å². The molecule has 11 nitrogen and oxygen atoms in total. The van der Waals surface area contributed by atoms with E-state index in [0.29, 0.717) is 43.6 Å². The van der Waals surface area contributed by atoms with Crippen LogP contribution in [-0.4, -0.2) is 74.2 Å². The van der Waals surface area contributed by atoms with Crippen LogP contribution in [0.4, 0.5) is 5.82 Å². The molecule has 5 aliphatic rings. The van der Waals surface area contributed by atoms with Gasteiger partial charge in [-0.25, -0.2) is 17.8 Å². The molecule has 2 amide bonds. The number of ether oxygens (including phenoxy) is 1. The fourth-order valence-corrected chi connectivity index (χ4v) is 8.30. The molecule has 204 valence electrons. The quantitative estimate of drug-likeness (QED) is 0.449. The van der Waals surface area contributed by atoms with E-state index in [4.69, 9.17) is 10.5 Å². The SMILES string of the molecule is CC(C)(C=Cn1ncc(C(=O)NC2C3CC4CC2CC(C(N)=O)(C4)C3)c1N1CCOCC1)NS(C)(=O)=O. The lowest BCUT2D eigenvalue weighted by Gasteiger charge is -2.58. The Morgan fingerprint density at radius 1 is 1.19 bits per heavy atom. The lowest BCUT2D eigenvalue weighted by atomic mass is 9.47. The number of nitrogens with zero attached hydrogens (tertiary/aromatic N) is 3. The molecule has 0 aromatic carbocycles. The number of sulfonamides is 1. The van der Waals surface area contributed by atoms with Crippen molar-refractivity contribution in [2.75, 3.05) is 37.5 Å². The number of carbonyl (C=O) groups is 2. The third kappa shape index (κ3) is 5.28. The number of anilines is 1. The van der Waals surface area contributed by atoms with Gasteiger partial charge in [0.25, 0.3) is 5.91 Å². The predicted octanol–water partition coefficient (Wildman–Crippen LogP) is 0.928. The highest BCUT2D eigenvalue weighted by Gasteiger charge is 2.58. The average Bonchev–Trinajstić information content (AvgIpc) is 3.23. The molecule has 2 heterocycles. The summed E-state index contributed by atoms with van der Waals surface area (Å²) < 4.78 is 33.2. The maximum absolute atomic E-state index is 13.7. The van der Waals surface area contributed by atoms with Gasteiger partial charge in [0.05, 0.1) is 25.7 Å². The van der Waals surface area contributed by atoms with Crippen LogP contribution < -0.4 is 20.7 Å². The van der Waals surface area contributed by atoms with Crippen LogP contribution in [0.1, 0.15) is 56.3 Å². The average molecular weight is 535 g/mol. The van der Waals surface area contributed by atoms with Crippen LogP contribution in [0.5, 0.6) is 0 Å². The normalized spacial score (nSPS) is 31.7. The number of primary amides is 1. The van der Waals surface area contributed by atoms with Gasteiger partial charge in [0.15, 0.2) is 0 Å². The minimum atomic E-state index is -3.41. The highest BCUT2D eigenvalue weighted by atomic mass is 32.2. The number of aromatic nitrogens is 2. The molecule has 0 radical (unpaired) electrons. The van der Waals surface area contributed by atoms with Crippen molar-refractivity contribution in [1.29, 1.82) is 0 Å². The Kier molecular flexibility index (Phi) is 6.64. The number of carbonyl (C=O) groups excluding carboxylic acids is 2. The number of hydrogen-bond acceptors (Lipinski definition) is 7. The minimum absolute atomic E-state index is 0.0193. The van der Waals surface area contributed by atoms with E-state index in [0.717, 1.165) is 38.4 Å². The number of nitrogens with one attached hydrogen (secondary N) is 2. The first-order valence-corrected chi connectivity index (χ1v) is 14.9. The van der Waals surface area contributed by atoms with Gasteiger partial charge in [0.2, 0.25) is 15.9 Å². The first kappa shape index (κ1) is 26.2. The first-order chi connectivity index (χ1) is 17.4. The second-order valence-corrected chi connectivity index (χ2v) is 13.7. The Balaban J connectivity index is 1.39. The van der Waals surface area contributed by atoms with Gasteiger partial charge in [-0.2, -0.15) is 5.10 Å². The zero-order valence-electron chi connectivity index (χ0n) is 21.8. The zero-order valence-corrected chi connectivity index (χ0v) is 22.6. The smallest absolute Gasteiger partial charge is 0.256 e. The van der Waals surface area contributed by atoms with Crippen molar-refractivity contribution < 1.29 is 22.7 Å². The van der Waals surface area contributed by atoms with Crippen molar-refractivity contribution in [1.82, 2.24) is 19.8 Å². The third-order valence-electron chi connectivity index (χ3n) is 8.50. The molecule has 37 heavy (non-hydrogen) atoms. The molecule has 1 aliphatic heterocycles. The Morgan fingerprint density at radius 2 is 1.84 bits per heavy atom. The molecule has 1 aromatic rings. The highest BCUT2D eigenvalue weighted by molar-refractivity contribution is 7.88. The zero-order chi connectivity index (χ0) is 26.6. The van der Waals surface area contributed by atoms with Crippen molar-refractivity contribution in [3.8, 4) is 0 Å². The molecule has 4 saturated carbocycles. The summed E-state index contributed by atoms with van der Waals surface area (Å²) >= 11 is 0. The van der Waals surface area contributed by atoms with Gasteiger partial charge in [-0.15, -0.1) is 0 Å². The standard InChI is InChI=1S/C25H38N6O5S/c1-24(2,29-37(3,34)35)4-5-31-22(30-6-8-36-9-7-30)19(15-27-31)21(32)28-20-17-10-16-11-18(20)14-25(12-16,13-17)23(26)33/h4-5,15-18,20,29H,6-14H2,1-3H3,(H2,26,33)(H,28,32). The second kappa shape index (κ2) is 9.39. The summed E-state index contributed by atoms with van der Waals surface area (Å²) in [4.78, 5) is 28.1. The monoisotopic (exact) mass is 534 g/mol. The van der Waals surface area contributed by atoms with Crippen molar-refractivity contribution in [3.05, 3.63) is 17.8 Å². The van der Waals surface area contributed by atoms with E-state index in [9.17, 15) is 18.0 Å². The molecule has 4 N–H and O–H groups in total. The molecular formula is C25H38N6O5S. The molecule has 12 heteroatoms. The second-order valence-electron chi connectivity index (χ2n) is 12.0. The molecule has 4 aliphatic carbocycles. The molecular weight excluding hydrogens is 496 g/mol. The Bertz CT molecular complexity index is 1190. The van der Waals surface area contributed by atoms with Crippen LogP contribution in [0, 0.1) is 23.2 Å². The predicted molar refractivity (Wildman–Crippen MR) is 139 cm³/mol. The molecule has 4 bridgehead atoms. The molecule has 1 aromatic heterocycles. The van der Waals surface area contributed by atoms with Crippen LogP contribution in [-0.2, 0) is 19.6 Å². The fraction of sp³-hybridized carbons (Fsp3) is 0.720. The summed E-state index contributed by atoms with van der Waals surface area (Å²) in [5, 5.41) is 7.79. The van der Waals surface area contributed by atoms with Gasteiger partial charge < -0.3 is 20.7 Å². The van der Waals surface area contributed by atoms with Crippen molar-refractivity contribution in [2.24, 2.45) is 28.9 Å². The number of nitrogens with two attached hydrogens (primary N) is 1. The largest absolute Gasteiger partial charge is 0.378 e. The minimum Gasteiger partial charge on any atom is -0.378 e. The first-order valence-electron chi connectivity index (χ1n) is 13.1. The molecule has 5 fully saturated rings. The summed E-state index contributed by atoms with van der Waals surface area (Å²) in [7, 11) is -3.41. The van der Waals surface area contributed by atoms with Crippen LogP contribution in [0.15, 0.2) is 12.3 Å². The van der Waals surface area contributed by atoms with Gasteiger partial charge in [-0.05, 0) is 69.8 Å². The molecule has 1 saturated heterocycles. The summed E-state index contributed by atoms with van der Waals surface area (Å²) in [6.07, 6.45) is 10.5. The number of hydrogen-bond donors (Lipinski definition) is 3. The Morgan fingerprint density at radius 3 is 2.43 bits per heavy atom. The molecule has 0 spiro atoms. The van der Waals surface area contributed by atoms with Gasteiger partial charge in [-0.1, -0.05) is 0 Å². The van der Waals surface area contributed by atoms with E-state index in [1.54, 1.807) is 37.0 Å². The van der Waals surface area contributed by atoms with E-state index in [1.165, 1.54) is 0 Å². The number of amides is 2. The summed E-state index contributed by atoms with van der Waals surface area (Å²) in [6, 6.07) is 0.0193. The van der Waals surface area contributed by atoms with Gasteiger partial charge in [0, 0.05) is 36.3 Å². The number of morpholine rings is 1. The van der Waals surface area contributed by atoms with Gasteiger partial charge in [-0.3, -0.25) is 9.59 Å².